The Morgan fingerprint density at radius 1 is 1.00 bits per heavy atom. The zero-order valence-electron chi connectivity index (χ0n) is 11.5. The minimum Gasteiger partial charge on any atom is -0.481 e. The molecule has 0 amide bonds. The summed E-state index contributed by atoms with van der Waals surface area (Å²) < 4.78 is 2.22. The molecule has 104 valence electrons. The molecule has 1 aliphatic rings. The quantitative estimate of drug-likeness (QED) is 0.779. The maximum atomic E-state index is 11.3. The third-order valence-electron chi connectivity index (χ3n) is 4.34. The molecule has 0 spiro atoms. The smallest absolute Gasteiger partial charge is 0.307 e. The zero-order valence-corrected chi connectivity index (χ0v) is 11.5. The number of rotatable bonds is 2. The predicted octanol–water partition coefficient (Wildman–Crippen LogP) is 3.43. The van der Waals surface area contributed by atoms with E-state index in [1.165, 1.54) is 10.9 Å². The van der Waals surface area contributed by atoms with Gasteiger partial charge in [-0.15, -0.1) is 0 Å². The van der Waals surface area contributed by atoms with Crippen LogP contribution < -0.4 is 0 Å². The number of hydrogen-bond acceptors (Lipinski definition) is 1. The van der Waals surface area contributed by atoms with E-state index in [4.69, 9.17) is 0 Å². The van der Waals surface area contributed by atoms with Crippen molar-refractivity contribution in [3.63, 3.8) is 0 Å². The van der Waals surface area contributed by atoms with Crippen molar-refractivity contribution in [3.05, 3.63) is 65.9 Å². The summed E-state index contributed by atoms with van der Waals surface area (Å²) in [5.41, 5.74) is 4.61. The third kappa shape index (κ3) is 1.77. The van der Waals surface area contributed by atoms with Gasteiger partial charge in [-0.3, -0.25) is 4.79 Å². The van der Waals surface area contributed by atoms with Crippen molar-refractivity contribution in [3.8, 4) is 5.69 Å². The van der Waals surface area contributed by atoms with Crippen molar-refractivity contribution in [2.45, 2.75) is 12.8 Å². The van der Waals surface area contributed by atoms with E-state index in [0.717, 1.165) is 16.9 Å². The molecule has 1 aliphatic carbocycles. The summed E-state index contributed by atoms with van der Waals surface area (Å²) in [5.74, 6) is -0.996. The van der Waals surface area contributed by atoms with Crippen LogP contribution in [0.3, 0.4) is 0 Å². The van der Waals surface area contributed by atoms with Gasteiger partial charge in [0.15, 0.2) is 0 Å². The summed E-state index contributed by atoms with van der Waals surface area (Å²) in [5, 5.41) is 10.5. The zero-order chi connectivity index (χ0) is 14.4. The predicted molar refractivity (Wildman–Crippen MR) is 81.8 cm³/mol. The first-order chi connectivity index (χ1) is 10.3. The van der Waals surface area contributed by atoms with E-state index in [2.05, 4.69) is 28.8 Å². The number of benzene rings is 2. The Labute approximate surface area is 122 Å². The van der Waals surface area contributed by atoms with Crippen molar-refractivity contribution >= 4 is 16.9 Å². The largest absolute Gasteiger partial charge is 0.481 e. The summed E-state index contributed by atoms with van der Waals surface area (Å²) in [4.78, 5) is 11.3. The lowest BCUT2D eigenvalue weighted by atomic mass is 10.1. The molecule has 0 saturated heterocycles. The van der Waals surface area contributed by atoms with Crippen LogP contribution in [0.2, 0.25) is 0 Å². The number of carbonyl (C=O) groups is 1. The van der Waals surface area contributed by atoms with Gasteiger partial charge in [0.1, 0.15) is 0 Å². The van der Waals surface area contributed by atoms with E-state index in [9.17, 15) is 9.90 Å². The number of aromatic nitrogens is 1. The lowest BCUT2D eigenvalue weighted by molar-refractivity contribution is -0.141. The van der Waals surface area contributed by atoms with Gasteiger partial charge in [-0.1, -0.05) is 36.4 Å². The number of hydrogen-bond donors (Lipinski definition) is 1. The van der Waals surface area contributed by atoms with Crippen LogP contribution in [-0.2, 0) is 17.6 Å². The molecule has 3 aromatic rings. The van der Waals surface area contributed by atoms with Crippen LogP contribution >= 0.6 is 0 Å². The van der Waals surface area contributed by atoms with Crippen LogP contribution in [0.5, 0.6) is 0 Å². The summed E-state index contributed by atoms with van der Waals surface area (Å²) in [6, 6.07) is 18.4. The van der Waals surface area contributed by atoms with Crippen LogP contribution in [0.4, 0.5) is 0 Å². The Morgan fingerprint density at radius 3 is 2.48 bits per heavy atom. The van der Waals surface area contributed by atoms with Gasteiger partial charge in [0.2, 0.25) is 0 Å². The first kappa shape index (κ1) is 12.2. The molecule has 1 atom stereocenters. The van der Waals surface area contributed by atoms with E-state index in [1.54, 1.807) is 0 Å². The number of para-hydroxylation sites is 2. The van der Waals surface area contributed by atoms with Crippen LogP contribution in [0.25, 0.3) is 16.6 Å². The SMILES string of the molecule is O=C(O)[C@H]1Cc2c(n(-c3ccccc3)c3ccccc23)C1. The van der Waals surface area contributed by atoms with Crippen molar-refractivity contribution in [2.24, 2.45) is 5.92 Å². The lowest BCUT2D eigenvalue weighted by Crippen LogP contribution is -2.14. The summed E-state index contributed by atoms with van der Waals surface area (Å²) in [6.45, 7) is 0. The Morgan fingerprint density at radius 2 is 1.71 bits per heavy atom. The molecule has 4 rings (SSSR count). The first-order valence-electron chi connectivity index (χ1n) is 7.15. The Balaban J connectivity index is 1.99. The molecule has 0 bridgehead atoms. The van der Waals surface area contributed by atoms with Gasteiger partial charge in [0.05, 0.1) is 11.4 Å². The molecule has 21 heavy (non-hydrogen) atoms. The molecule has 0 aliphatic heterocycles. The number of fused-ring (bicyclic) bond motifs is 3. The lowest BCUT2D eigenvalue weighted by Gasteiger charge is -2.10. The fourth-order valence-corrected chi connectivity index (χ4v) is 3.40. The van der Waals surface area contributed by atoms with E-state index in [0.29, 0.717) is 12.8 Å². The molecule has 0 unspecified atom stereocenters. The molecule has 0 saturated carbocycles. The second-order valence-corrected chi connectivity index (χ2v) is 5.56. The standard InChI is InChI=1S/C18H15NO2/c20-18(21)12-10-15-14-8-4-5-9-16(14)19(17(15)11-12)13-6-2-1-3-7-13/h1-9,12H,10-11H2,(H,20,21)/t12-/m0/s1. The van der Waals surface area contributed by atoms with E-state index >= 15 is 0 Å². The minimum absolute atomic E-state index is 0.297. The molecular formula is C18H15NO2. The fraction of sp³-hybridized carbons (Fsp3) is 0.167. The highest BCUT2D eigenvalue weighted by Crippen LogP contribution is 2.37. The highest BCUT2D eigenvalue weighted by molar-refractivity contribution is 5.89. The van der Waals surface area contributed by atoms with Crippen LogP contribution in [-0.4, -0.2) is 15.6 Å². The second kappa shape index (κ2) is 4.48. The van der Waals surface area contributed by atoms with Gasteiger partial charge in [-0.2, -0.15) is 0 Å². The number of carboxylic acid groups (broad SMARTS) is 1. The fourth-order valence-electron chi connectivity index (χ4n) is 3.40. The van der Waals surface area contributed by atoms with Crippen molar-refractivity contribution < 1.29 is 9.90 Å². The summed E-state index contributed by atoms with van der Waals surface area (Å²) >= 11 is 0. The number of nitrogens with zero attached hydrogens (tertiary/aromatic N) is 1. The Bertz CT molecular complexity index is 833. The second-order valence-electron chi connectivity index (χ2n) is 5.56. The first-order valence-corrected chi connectivity index (χ1v) is 7.15. The molecule has 1 heterocycles. The van der Waals surface area contributed by atoms with Gasteiger partial charge in [-0.05, 0) is 30.2 Å². The van der Waals surface area contributed by atoms with Crippen LogP contribution in [0, 0.1) is 5.92 Å². The highest BCUT2D eigenvalue weighted by Gasteiger charge is 2.32. The van der Waals surface area contributed by atoms with Gasteiger partial charge in [0, 0.05) is 23.2 Å². The molecule has 0 fully saturated rings. The monoisotopic (exact) mass is 277 g/mol. The van der Waals surface area contributed by atoms with Crippen LogP contribution in [0.1, 0.15) is 11.3 Å². The van der Waals surface area contributed by atoms with Crippen LogP contribution in [0.15, 0.2) is 54.6 Å². The molecule has 3 heteroatoms. The normalized spacial score (nSPS) is 17.0. The average molecular weight is 277 g/mol. The molecule has 3 nitrogen and oxygen atoms in total. The van der Waals surface area contributed by atoms with Gasteiger partial charge >= 0.3 is 5.97 Å². The molecule has 1 aromatic heterocycles. The highest BCUT2D eigenvalue weighted by atomic mass is 16.4. The van der Waals surface area contributed by atoms with Gasteiger partial charge < -0.3 is 9.67 Å². The van der Waals surface area contributed by atoms with E-state index < -0.39 is 5.97 Å². The minimum atomic E-state index is -0.699. The van der Waals surface area contributed by atoms with Gasteiger partial charge in [-0.25, -0.2) is 0 Å². The molecule has 2 aromatic carbocycles. The molecule has 1 N–H and O–H groups in total. The molecule has 0 radical (unpaired) electrons. The Hall–Kier alpha value is -2.55. The van der Waals surface area contributed by atoms with Crippen molar-refractivity contribution in [1.29, 1.82) is 0 Å². The average Bonchev–Trinajstić information content (AvgIpc) is 3.05. The van der Waals surface area contributed by atoms with E-state index in [1.807, 2.05) is 30.3 Å². The van der Waals surface area contributed by atoms with Crippen molar-refractivity contribution in [2.75, 3.05) is 0 Å². The van der Waals surface area contributed by atoms with Crippen molar-refractivity contribution in [1.82, 2.24) is 4.57 Å². The maximum Gasteiger partial charge on any atom is 0.307 e. The summed E-state index contributed by atoms with van der Waals surface area (Å²) in [7, 11) is 0. The number of aliphatic carboxylic acids is 1. The summed E-state index contributed by atoms with van der Waals surface area (Å²) in [6.07, 6.45) is 1.24. The maximum absolute atomic E-state index is 11.3. The Kier molecular flexibility index (Phi) is 2.61. The topological polar surface area (TPSA) is 42.2 Å². The third-order valence-corrected chi connectivity index (χ3v) is 4.34. The number of carboxylic acids is 1. The molecular weight excluding hydrogens is 262 g/mol. The van der Waals surface area contributed by atoms with Gasteiger partial charge in [0.25, 0.3) is 0 Å². The van der Waals surface area contributed by atoms with E-state index in [-0.39, 0.29) is 5.92 Å².